The molecule has 0 fully saturated rings. The molecule has 21 heavy (non-hydrogen) atoms. The average molecular weight is 325 g/mol. The minimum absolute atomic E-state index is 0.338. The minimum Gasteiger partial charge on any atom is -0.310 e. The highest BCUT2D eigenvalue weighted by molar-refractivity contribution is 7.93. The highest BCUT2D eigenvalue weighted by Gasteiger charge is 2.20. The zero-order valence-corrected chi connectivity index (χ0v) is 13.9. The van der Waals surface area contributed by atoms with Gasteiger partial charge in [-0.1, -0.05) is 13.8 Å². The molecule has 2 heterocycles. The van der Waals surface area contributed by atoms with Crippen LogP contribution in [0.3, 0.4) is 0 Å². The lowest BCUT2D eigenvalue weighted by atomic mass is 10.3. The second-order valence-corrected chi connectivity index (χ2v) is 8.00. The summed E-state index contributed by atoms with van der Waals surface area (Å²) < 4.78 is 27.4. The Kier molecular flexibility index (Phi) is 4.97. The largest absolute Gasteiger partial charge is 0.310 e. The summed E-state index contributed by atoms with van der Waals surface area (Å²) in [7, 11) is -3.56. The van der Waals surface area contributed by atoms with E-state index in [1.54, 1.807) is 30.6 Å². The molecule has 0 aliphatic heterocycles. The molecule has 2 rings (SSSR count). The van der Waals surface area contributed by atoms with Gasteiger partial charge < -0.3 is 5.32 Å². The predicted molar refractivity (Wildman–Crippen MR) is 86.1 cm³/mol. The highest BCUT2D eigenvalue weighted by atomic mass is 32.2. The van der Waals surface area contributed by atoms with Gasteiger partial charge in [0.25, 0.3) is 10.0 Å². The van der Waals surface area contributed by atoms with Crippen molar-refractivity contribution >= 4 is 27.0 Å². The van der Waals surface area contributed by atoms with Gasteiger partial charge in [-0.05, 0) is 25.1 Å². The van der Waals surface area contributed by atoms with Crippen molar-refractivity contribution in [1.29, 1.82) is 0 Å². The Labute approximate surface area is 129 Å². The number of aromatic nitrogens is 1. The van der Waals surface area contributed by atoms with Crippen molar-refractivity contribution in [2.45, 2.75) is 38.3 Å². The molecule has 0 atom stereocenters. The Morgan fingerprint density at radius 1 is 1.29 bits per heavy atom. The zero-order chi connectivity index (χ0) is 15.5. The fraction of sp³-hybridized carbons (Fsp3) is 0.357. The molecule has 0 unspecified atom stereocenters. The van der Waals surface area contributed by atoms with Crippen molar-refractivity contribution < 1.29 is 8.42 Å². The van der Waals surface area contributed by atoms with Crippen molar-refractivity contribution in [3.05, 3.63) is 40.3 Å². The van der Waals surface area contributed by atoms with E-state index >= 15 is 0 Å². The highest BCUT2D eigenvalue weighted by Crippen LogP contribution is 2.27. The summed E-state index contributed by atoms with van der Waals surface area (Å²) in [5.41, 5.74) is 0.512. The van der Waals surface area contributed by atoms with Crippen molar-refractivity contribution in [3.63, 3.8) is 0 Å². The molecule has 0 saturated heterocycles. The fourth-order valence-corrected chi connectivity index (χ4v) is 4.46. The molecule has 0 aliphatic carbocycles. The molecule has 2 aromatic heterocycles. The van der Waals surface area contributed by atoms with Crippen LogP contribution in [0.4, 0.5) is 5.69 Å². The number of pyridine rings is 1. The Morgan fingerprint density at radius 2 is 1.95 bits per heavy atom. The van der Waals surface area contributed by atoms with Crippen LogP contribution in [0, 0.1) is 6.92 Å². The second-order valence-electron chi connectivity index (χ2n) is 5.01. The van der Waals surface area contributed by atoms with Gasteiger partial charge in [0.05, 0.1) is 5.69 Å². The number of nitrogens with one attached hydrogen (secondary N) is 2. The maximum Gasteiger partial charge on any atom is 0.263 e. The van der Waals surface area contributed by atoms with Crippen LogP contribution in [0.25, 0.3) is 0 Å². The van der Waals surface area contributed by atoms with Crippen LogP contribution in [-0.4, -0.2) is 19.4 Å². The molecule has 0 amide bonds. The summed E-state index contributed by atoms with van der Waals surface area (Å²) in [6, 6.07) is 5.35. The van der Waals surface area contributed by atoms with Crippen LogP contribution in [0.5, 0.6) is 0 Å². The second kappa shape index (κ2) is 6.55. The predicted octanol–water partition coefficient (Wildman–Crippen LogP) is 2.75. The minimum atomic E-state index is -3.56. The molecule has 0 spiro atoms. The summed E-state index contributed by atoms with van der Waals surface area (Å²) in [6.07, 6.45) is 3.10. The first-order chi connectivity index (χ1) is 9.88. The summed E-state index contributed by atoms with van der Waals surface area (Å²) in [4.78, 5) is 6.01. The number of thiophene rings is 1. The SMILES string of the molecule is Cc1sc(CNC(C)C)cc1S(=O)(=O)Nc1ccncc1. The first kappa shape index (κ1) is 15.9. The van der Waals surface area contributed by atoms with Crippen molar-refractivity contribution in [3.8, 4) is 0 Å². The van der Waals surface area contributed by atoms with E-state index in [9.17, 15) is 8.42 Å². The monoisotopic (exact) mass is 325 g/mol. The fourth-order valence-electron chi connectivity index (χ4n) is 1.81. The summed E-state index contributed by atoms with van der Waals surface area (Å²) in [5.74, 6) is 0. The van der Waals surface area contributed by atoms with Crippen LogP contribution in [-0.2, 0) is 16.6 Å². The van der Waals surface area contributed by atoms with Gasteiger partial charge in [0.15, 0.2) is 0 Å². The van der Waals surface area contributed by atoms with Crippen LogP contribution in [0.1, 0.15) is 23.6 Å². The lowest BCUT2D eigenvalue weighted by Crippen LogP contribution is -2.21. The molecule has 0 radical (unpaired) electrons. The van der Waals surface area contributed by atoms with Crippen LogP contribution < -0.4 is 10.0 Å². The van der Waals surface area contributed by atoms with E-state index in [0.29, 0.717) is 23.2 Å². The molecule has 0 aromatic carbocycles. The molecule has 114 valence electrons. The molecule has 0 bridgehead atoms. The smallest absolute Gasteiger partial charge is 0.263 e. The average Bonchev–Trinajstić information content (AvgIpc) is 2.79. The van der Waals surface area contributed by atoms with E-state index in [0.717, 1.165) is 9.75 Å². The van der Waals surface area contributed by atoms with Gasteiger partial charge in [-0.25, -0.2) is 8.42 Å². The third-order valence-electron chi connectivity index (χ3n) is 2.83. The van der Waals surface area contributed by atoms with E-state index in [2.05, 4.69) is 28.9 Å². The number of aryl methyl sites for hydroxylation is 1. The number of anilines is 1. The third kappa shape index (κ3) is 4.26. The van der Waals surface area contributed by atoms with Gasteiger partial charge >= 0.3 is 0 Å². The van der Waals surface area contributed by atoms with E-state index in [1.807, 2.05) is 6.92 Å². The maximum atomic E-state index is 12.4. The Bertz CT molecular complexity index is 694. The van der Waals surface area contributed by atoms with Crippen LogP contribution in [0.15, 0.2) is 35.5 Å². The lowest BCUT2D eigenvalue weighted by Gasteiger charge is -2.07. The lowest BCUT2D eigenvalue weighted by molar-refractivity contribution is 0.592. The topological polar surface area (TPSA) is 71.1 Å². The van der Waals surface area contributed by atoms with Gasteiger partial charge in [-0.3, -0.25) is 9.71 Å². The summed E-state index contributed by atoms with van der Waals surface area (Å²) >= 11 is 1.50. The van der Waals surface area contributed by atoms with E-state index in [4.69, 9.17) is 0 Å². The van der Waals surface area contributed by atoms with Crippen LogP contribution >= 0.6 is 11.3 Å². The molecule has 5 nitrogen and oxygen atoms in total. The third-order valence-corrected chi connectivity index (χ3v) is 5.52. The number of hydrogen-bond acceptors (Lipinski definition) is 5. The van der Waals surface area contributed by atoms with Crippen molar-refractivity contribution in [2.75, 3.05) is 4.72 Å². The van der Waals surface area contributed by atoms with Crippen molar-refractivity contribution in [2.24, 2.45) is 0 Å². The summed E-state index contributed by atoms with van der Waals surface area (Å²) in [6.45, 7) is 6.62. The van der Waals surface area contributed by atoms with E-state index in [-0.39, 0.29) is 0 Å². The number of rotatable bonds is 6. The molecule has 2 aromatic rings. The zero-order valence-electron chi connectivity index (χ0n) is 12.3. The molecular formula is C14H19N3O2S2. The number of sulfonamides is 1. The van der Waals surface area contributed by atoms with Gasteiger partial charge in [0.1, 0.15) is 4.90 Å². The van der Waals surface area contributed by atoms with E-state index < -0.39 is 10.0 Å². The summed E-state index contributed by atoms with van der Waals surface area (Å²) in [5, 5.41) is 3.29. The first-order valence-electron chi connectivity index (χ1n) is 6.64. The Morgan fingerprint density at radius 3 is 2.57 bits per heavy atom. The molecule has 0 saturated carbocycles. The maximum absolute atomic E-state index is 12.4. The number of nitrogens with zero attached hydrogens (tertiary/aromatic N) is 1. The Balaban J connectivity index is 2.20. The van der Waals surface area contributed by atoms with Gasteiger partial charge in [0, 0.05) is 34.7 Å². The van der Waals surface area contributed by atoms with E-state index in [1.165, 1.54) is 11.3 Å². The quantitative estimate of drug-likeness (QED) is 0.857. The molecule has 7 heteroatoms. The van der Waals surface area contributed by atoms with Gasteiger partial charge in [-0.15, -0.1) is 11.3 Å². The first-order valence-corrected chi connectivity index (χ1v) is 8.94. The molecule has 0 aliphatic rings. The van der Waals surface area contributed by atoms with Gasteiger partial charge in [-0.2, -0.15) is 0 Å². The Hall–Kier alpha value is -1.44. The normalized spacial score (nSPS) is 11.8. The van der Waals surface area contributed by atoms with Crippen LogP contribution in [0.2, 0.25) is 0 Å². The molecular weight excluding hydrogens is 306 g/mol. The standard InChI is InChI=1S/C14H19N3O2S2/c1-10(2)16-9-13-8-14(11(3)20-13)21(18,19)17-12-4-6-15-7-5-12/h4-8,10,16H,9H2,1-3H3,(H,15,17). The number of hydrogen-bond donors (Lipinski definition) is 2. The van der Waals surface area contributed by atoms with Gasteiger partial charge in [0.2, 0.25) is 0 Å². The molecule has 2 N–H and O–H groups in total. The van der Waals surface area contributed by atoms with Crippen molar-refractivity contribution in [1.82, 2.24) is 10.3 Å².